The third kappa shape index (κ3) is 11.5. The van der Waals surface area contributed by atoms with Crippen molar-refractivity contribution in [1.82, 2.24) is 0 Å². The van der Waals surface area contributed by atoms with Gasteiger partial charge in [0.25, 0.3) is 0 Å². The summed E-state index contributed by atoms with van der Waals surface area (Å²) in [7, 11) is 0. The molecule has 2 radical (unpaired) electrons. The van der Waals surface area contributed by atoms with Gasteiger partial charge in [-0.15, -0.1) is 0 Å². The van der Waals surface area contributed by atoms with Crippen molar-refractivity contribution < 1.29 is 10.2 Å². The minimum Gasteiger partial charge on any atom is -0.396 e. The molecule has 2 heteroatoms. The first-order valence-electron chi connectivity index (χ1n) is 3.10. The molecule has 0 aliphatic carbocycles. The van der Waals surface area contributed by atoms with Crippen LogP contribution in [0.5, 0.6) is 0 Å². The molecule has 0 rings (SSSR count). The smallest absolute Gasteiger partial charge is 0.0562 e. The van der Waals surface area contributed by atoms with Gasteiger partial charge in [0.2, 0.25) is 0 Å². The molecule has 0 bridgehead atoms. The van der Waals surface area contributed by atoms with Crippen molar-refractivity contribution in [1.29, 1.82) is 0 Å². The molecule has 0 heterocycles. The Bertz CT molecular complexity index is 37.9. The van der Waals surface area contributed by atoms with E-state index < -0.39 is 6.10 Å². The highest BCUT2D eigenvalue weighted by molar-refractivity contribution is 4.53. The number of aliphatic hydroxyl groups excluding tert-OH is 2. The topological polar surface area (TPSA) is 40.5 Å². The van der Waals surface area contributed by atoms with Crippen molar-refractivity contribution >= 4 is 0 Å². The number of hydrogen-bond acceptors (Lipinski definition) is 2. The minimum atomic E-state index is -0.412. The van der Waals surface area contributed by atoms with Crippen molar-refractivity contribution in [3.8, 4) is 0 Å². The maximum Gasteiger partial charge on any atom is 0.0562 e. The highest BCUT2D eigenvalue weighted by Gasteiger charge is 1.95. The Balaban J connectivity index is 0. The molecule has 56 valence electrons. The van der Waals surface area contributed by atoms with Gasteiger partial charge in [0.15, 0.2) is 0 Å². The highest BCUT2D eigenvalue weighted by Crippen LogP contribution is 1.92. The van der Waals surface area contributed by atoms with Crippen LogP contribution >= 0.6 is 0 Å². The van der Waals surface area contributed by atoms with E-state index in [0.29, 0.717) is 12.8 Å². The van der Waals surface area contributed by atoms with E-state index in [4.69, 9.17) is 10.2 Å². The molecule has 0 spiro atoms. The predicted octanol–water partition coefficient (Wildman–Crippen LogP) is 0.794. The second kappa shape index (κ2) is 10.8. The van der Waals surface area contributed by atoms with E-state index in [-0.39, 0.29) is 6.61 Å². The third-order valence-corrected chi connectivity index (χ3v) is 0.796. The van der Waals surface area contributed by atoms with Crippen LogP contribution in [0.1, 0.15) is 19.8 Å². The van der Waals surface area contributed by atoms with Crippen molar-refractivity contribution in [2.45, 2.75) is 25.9 Å². The van der Waals surface area contributed by atoms with E-state index in [1.165, 1.54) is 0 Å². The molecule has 0 saturated carbocycles. The molecule has 0 aromatic carbocycles. The molecule has 0 aromatic rings. The van der Waals surface area contributed by atoms with Crippen molar-refractivity contribution in [3.05, 3.63) is 13.8 Å². The van der Waals surface area contributed by atoms with Crippen LogP contribution in [0.25, 0.3) is 0 Å². The van der Waals surface area contributed by atoms with Gasteiger partial charge in [0.1, 0.15) is 0 Å². The van der Waals surface area contributed by atoms with Crippen molar-refractivity contribution in [2.75, 3.05) is 6.61 Å². The first-order chi connectivity index (χ1) is 4.31. The lowest BCUT2D eigenvalue weighted by Crippen LogP contribution is -2.05. The van der Waals surface area contributed by atoms with Crippen LogP contribution in [-0.2, 0) is 0 Å². The van der Waals surface area contributed by atoms with E-state index in [1.807, 2.05) is 0 Å². The SMILES string of the molecule is [CH2]C.[CH2]CC(O)CCO. The van der Waals surface area contributed by atoms with E-state index in [9.17, 15) is 0 Å². The van der Waals surface area contributed by atoms with E-state index >= 15 is 0 Å². The molecular weight excluding hydrogens is 116 g/mol. The fraction of sp³-hybridized carbons (Fsp3) is 0.714. The summed E-state index contributed by atoms with van der Waals surface area (Å²) in [6, 6.07) is 0. The van der Waals surface area contributed by atoms with E-state index in [0.717, 1.165) is 0 Å². The second-order valence-corrected chi connectivity index (χ2v) is 1.45. The van der Waals surface area contributed by atoms with Gasteiger partial charge < -0.3 is 10.2 Å². The van der Waals surface area contributed by atoms with Gasteiger partial charge in [0, 0.05) is 6.61 Å². The van der Waals surface area contributed by atoms with E-state index in [1.54, 1.807) is 6.92 Å². The molecule has 0 aliphatic heterocycles. The summed E-state index contributed by atoms with van der Waals surface area (Å²) in [6.07, 6.45) is 0.523. The maximum atomic E-state index is 8.64. The molecule has 1 atom stereocenters. The largest absolute Gasteiger partial charge is 0.396 e. The van der Waals surface area contributed by atoms with Gasteiger partial charge in [-0.3, -0.25) is 0 Å². The van der Waals surface area contributed by atoms with Crippen LogP contribution in [-0.4, -0.2) is 22.9 Å². The standard InChI is InChI=1S/C5H11O2.C2H5/c1-2-5(7)3-4-6;1-2/h5-7H,1-4H2;1H2,2H3. The fourth-order valence-electron chi connectivity index (χ4n) is 0.293. The first kappa shape index (κ1) is 11.7. The molecule has 0 aliphatic rings. The van der Waals surface area contributed by atoms with Crippen LogP contribution < -0.4 is 0 Å². The van der Waals surface area contributed by atoms with Crippen LogP contribution in [0.3, 0.4) is 0 Å². The van der Waals surface area contributed by atoms with Crippen molar-refractivity contribution in [3.63, 3.8) is 0 Å². The zero-order valence-corrected chi connectivity index (χ0v) is 6.01. The fourth-order valence-corrected chi connectivity index (χ4v) is 0.293. The molecule has 9 heavy (non-hydrogen) atoms. The van der Waals surface area contributed by atoms with Crippen LogP contribution in [0.4, 0.5) is 0 Å². The zero-order chi connectivity index (χ0) is 7.70. The first-order valence-corrected chi connectivity index (χ1v) is 3.10. The Morgan fingerprint density at radius 2 is 1.89 bits per heavy atom. The second-order valence-electron chi connectivity index (χ2n) is 1.45. The Labute approximate surface area is 57.5 Å². The van der Waals surface area contributed by atoms with Crippen LogP contribution in [0.15, 0.2) is 0 Å². The quantitative estimate of drug-likeness (QED) is 0.596. The number of rotatable bonds is 3. The lowest BCUT2D eigenvalue weighted by Gasteiger charge is -2.01. The Morgan fingerprint density at radius 3 is 2.00 bits per heavy atom. The molecular formula is C7H16O2. The molecule has 2 nitrogen and oxygen atoms in total. The summed E-state index contributed by atoms with van der Waals surface area (Å²) < 4.78 is 0. The maximum absolute atomic E-state index is 8.64. The summed E-state index contributed by atoms with van der Waals surface area (Å²) in [6.45, 7) is 8.50. The van der Waals surface area contributed by atoms with Gasteiger partial charge in [-0.2, -0.15) is 0 Å². The van der Waals surface area contributed by atoms with Gasteiger partial charge in [-0.1, -0.05) is 20.8 Å². The van der Waals surface area contributed by atoms with Crippen molar-refractivity contribution in [2.24, 2.45) is 0 Å². The molecule has 0 amide bonds. The summed E-state index contributed by atoms with van der Waals surface area (Å²) in [5.74, 6) is 0. The lowest BCUT2D eigenvalue weighted by atomic mass is 10.2. The summed E-state index contributed by atoms with van der Waals surface area (Å²) in [5, 5.41) is 16.8. The van der Waals surface area contributed by atoms with Crippen LogP contribution in [0.2, 0.25) is 0 Å². The van der Waals surface area contributed by atoms with Gasteiger partial charge in [0.05, 0.1) is 6.10 Å². The summed E-state index contributed by atoms with van der Waals surface area (Å²) in [5.41, 5.74) is 0. The molecule has 0 fully saturated rings. The molecule has 1 unspecified atom stereocenters. The third-order valence-electron chi connectivity index (χ3n) is 0.796. The number of aliphatic hydroxyl groups is 2. The van der Waals surface area contributed by atoms with Crippen LogP contribution in [0, 0.1) is 13.8 Å². The Hall–Kier alpha value is -0.0800. The molecule has 2 N–H and O–H groups in total. The number of hydrogen-bond donors (Lipinski definition) is 2. The normalized spacial score (nSPS) is 11.7. The summed E-state index contributed by atoms with van der Waals surface area (Å²) >= 11 is 0. The molecule has 0 aromatic heterocycles. The Morgan fingerprint density at radius 1 is 1.44 bits per heavy atom. The van der Waals surface area contributed by atoms with Gasteiger partial charge >= 0.3 is 0 Å². The average Bonchev–Trinajstić information content (AvgIpc) is 1.93. The lowest BCUT2D eigenvalue weighted by molar-refractivity contribution is 0.135. The predicted molar refractivity (Wildman–Crippen MR) is 38.7 cm³/mol. The van der Waals surface area contributed by atoms with Gasteiger partial charge in [-0.05, 0) is 12.8 Å². The molecule has 0 saturated heterocycles. The average molecular weight is 132 g/mol. The summed E-state index contributed by atoms with van der Waals surface area (Å²) in [4.78, 5) is 0. The zero-order valence-electron chi connectivity index (χ0n) is 6.01. The highest BCUT2D eigenvalue weighted by atomic mass is 16.3. The Kier molecular flexibility index (Phi) is 14.0. The van der Waals surface area contributed by atoms with Gasteiger partial charge in [-0.25, -0.2) is 0 Å². The monoisotopic (exact) mass is 132 g/mol. The minimum absolute atomic E-state index is 0.0523. The van der Waals surface area contributed by atoms with E-state index in [2.05, 4.69) is 13.8 Å².